The van der Waals surface area contributed by atoms with E-state index in [4.69, 9.17) is 21.1 Å². The van der Waals surface area contributed by atoms with E-state index in [0.29, 0.717) is 16.5 Å². The Bertz CT molecular complexity index is 524. The summed E-state index contributed by atoms with van der Waals surface area (Å²) < 4.78 is 10.7. The van der Waals surface area contributed by atoms with E-state index >= 15 is 0 Å². The number of halogens is 1. The topological polar surface area (TPSA) is 24.9 Å². The molecule has 2 heterocycles. The number of piperazine rings is 1. The maximum atomic E-state index is 6.31. The van der Waals surface area contributed by atoms with Crippen LogP contribution < -0.4 is 9.47 Å². The molecule has 2 aliphatic rings. The van der Waals surface area contributed by atoms with Gasteiger partial charge in [-0.05, 0) is 37.1 Å². The molecule has 2 fully saturated rings. The highest BCUT2D eigenvalue weighted by Gasteiger charge is 2.28. The normalized spacial score (nSPS) is 23.1. The monoisotopic (exact) mass is 324 g/mol. The van der Waals surface area contributed by atoms with E-state index in [2.05, 4.69) is 9.80 Å². The zero-order chi connectivity index (χ0) is 15.5. The summed E-state index contributed by atoms with van der Waals surface area (Å²) in [6.07, 6.45) is 4.07. The highest BCUT2D eigenvalue weighted by atomic mass is 35.5. The van der Waals surface area contributed by atoms with Crippen LogP contribution in [0, 0.1) is 0 Å². The van der Waals surface area contributed by atoms with Crippen LogP contribution in [0.1, 0.15) is 24.8 Å². The quantitative estimate of drug-likeness (QED) is 0.850. The first-order valence-corrected chi connectivity index (χ1v) is 8.46. The number of benzene rings is 1. The van der Waals surface area contributed by atoms with Gasteiger partial charge < -0.3 is 9.47 Å². The summed E-state index contributed by atoms with van der Waals surface area (Å²) in [5, 5.41) is 0.619. The lowest BCUT2D eigenvalue weighted by Crippen LogP contribution is -2.54. The van der Waals surface area contributed by atoms with Crippen LogP contribution in [0.4, 0.5) is 0 Å². The molecule has 0 N–H and O–H groups in total. The van der Waals surface area contributed by atoms with Gasteiger partial charge in [0.25, 0.3) is 0 Å². The molecule has 1 aromatic carbocycles. The number of ether oxygens (including phenoxy) is 2. The number of piperidine rings is 1. The van der Waals surface area contributed by atoms with Gasteiger partial charge in [-0.3, -0.25) is 9.80 Å². The van der Waals surface area contributed by atoms with Gasteiger partial charge in [-0.15, -0.1) is 0 Å². The van der Waals surface area contributed by atoms with Gasteiger partial charge in [0.1, 0.15) is 0 Å². The summed E-state index contributed by atoms with van der Waals surface area (Å²) in [6.45, 7) is 5.67. The third-order valence-electron chi connectivity index (χ3n) is 4.82. The Hall–Kier alpha value is -0.970. The zero-order valence-electron chi connectivity index (χ0n) is 13.5. The molecule has 0 bridgehead atoms. The van der Waals surface area contributed by atoms with Crippen molar-refractivity contribution in [3.63, 3.8) is 0 Å². The average Bonchev–Trinajstić information content (AvgIpc) is 2.54. The fraction of sp³-hybridized carbons (Fsp3) is 0.647. The number of methoxy groups -OCH3 is 2. The van der Waals surface area contributed by atoms with Crippen molar-refractivity contribution in [1.29, 1.82) is 0 Å². The fourth-order valence-electron chi connectivity index (χ4n) is 3.68. The minimum atomic E-state index is 0.616. The van der Waals surface area contributed by atoms with Gasteiger partial charge in [0.05, 0.1) is 19.2 Å². The summed E-state index contributed by atoms with van der Waals surface area (Å²) in [7, 11) is 3.27. The number of hydrogen-bond donors (Lipinski definition) is 0. The van der Waals surface area contributed by atoms with E-state index in [0.717, 1.165) is 25.7 Å². The van der Waals surface area contributed by atoms with Gasteiger partial charge in [-0.25, -0.2) is 0 Å². The molecular formula is C17H25ClN2O2. The Morgan fingerprint density at radius 2 is 2.00 bits per heavy atom. The van der Waals surface area contributed by atoms with Crippen LogP contribution in [-0.2, 0) is 6.54 Å². The number of rotatable bonds is 4. The van der Waals surface area contributed by atoms with Crippen molar-refractivity contribution in [2.24, 2.45) is 0 Å². The van der Waals surface area contributed by atoms with Crippen molar-refractivity contribution in [1.82, 2.24) is 9.80 Å². The predicted molar refractivity (Wildman–Crippen MR) is 89.0 cm³/mol. The van der Waals surface area contributed by atoms with Crippen molar-refractivity contribution in [3.05, 3.63) is 22.7 Å². The molecule has 0 amide bonds. The van der Waals surface area contributed by atoms with Gasteiger partial charge in [0.2, 0.25) is 0 Å². The Kier molecular flexibility index (Phi) is 5.11. The van der Waals surface area contributed by atoms with Gasteiger partial charge in [-0.1, -0.05) is 18.0 Å². The van der Waals surface area contributed by atoms with Gasteiger partial charge in [0, 0.05) is 32.2 Å². The smallest absolute Gasteiger partial charge is 0.179 e. The lowest BCUT2D eigenvalue weighted by Gasteiger charge is -2.44. The van der Waals surface area contributed by atoms with Crippen molar-refractivity contribution in [3.8, 4) is 11.5 Å². The fourth-order valence-corrected chi connectivity index (χ4v) is 4.00. The minimum absolute atomic E-state index is 0.616. The molecule has 4 nitrogen and oxygen atoms in total. The van der Waals surface area contributed by atoms with E-state index in [-0.39, 0.29) is 0 Å². The highest BCUT2D eigenvalue weighted by molar-refractivity contribution is 6.32. The molecule has 2 saturated heterocycles. The summed E-state index contributed by atoms with van der Waals surface area (Å²) in [5.74, 6) is 1.33. The SMILES string of the molecule is COc1cc(CN2CCN3CCCC[C@@H]3C2)cc(Cl)c1OC. The second-order valence-corrected chi connectivity index (χ2v) is 6.64. The van der Waals surface area contributed by atoms with Crippen LogP contribution in [0.5, 0.6) is 11.5 Å². The first-order chi connectivity index (χ1) is 10.7. The molecule has 0 aliphatic carbocycles. The molecule has 5 heteroatoms. The molecule has 1 aromatic rings. The molecule has 3 rings (SSSR count). The summed E-state index contributed by atoms with van der Waals surface area (Å²) in [6, 6.07) is 4.77. The number of fused-ring (bicyclic) bond motifs is 1. The number of nitrogens with zero attached hydrogens (tertiary/aromatic N) is 2. The lowest BCUT2D eigenvalue weighted by molar-refractivity contribution is 0.0456. The van der Waals surface area contributed by atoms with Crippen LogP contribution in [0.15, 0.2) is 12.1 Å². The third-order valence-corrected chi connectivity index (χ3v) is 5.10. The van der Waals surface area contributed by atoms with Crippen molar-refractivity contribution >= 4 is 11.6 Å². The van der Waals surface area contributed by atoms with Crippen molar-refractivity contribution < 1.29 is 9.47 Å². The van der Waals surface area contributed by atoms with Crippen molar-refractivity contribution in [2.75, 3.05) is 40.4 Å². The van der Waals surface area contributed by atoms with Gasteiger partial charge in [-0.2, -0.15) is 0 Å². The van der Waals surface area contributed by atoms with Crippen LogP contribution >= 0.6 is 11.6 Å². The van der Waals surface area contributed by atoms with Crippen LogP contribution in [0.2, 0.25) is 5.02 Å². The average molecular weight is 325 g/mol. The Morgan fingerprint density at radius 1 is 1.14 bits per heavy atom. The predicted octanol–water partition coefficient (Wildman–Crippen LogP) is 3.03. The molecule has 122 valence electrons. The molecule has 22 heavy (non-hydrogen) atoms. The molecule has 2 aliphatic heterocycles. The second kappa shape index (κ2) is 7.07. The first kappa shape index (κ1) is 15.9. The van der Waals surface area contributed by atoms with Crippen LogP contribution in [0.3, 0.4) is 0 Å². The molecule has 0 spiro atoms. The maximum Gasteiger partial charge on any atom is 0.179 e. The Morgan fingerprint density at radius 3 is 2.77 bits per heavy atom. The van der Waals surface area contributed by atoms with Crippen LogP contribution in [0.25, 0.3) is 0 Å². The maximum absolute atomic E-state index is 6.31. The van der Waals surface area contributed by atoms with E-state index in [1.165, 1.54) is 37.9 Å². The summed E-state index contributed by atoms with van der Waals surface area (Å²) in [4.78, 5) is 5.19. The molecule has 0 unspecified atom stereocenters. The Labute approximate surface area is 137 Å². The van der Waals surface area contributed by atoms with Crippen LogP contribution in [-0.4, -0.2) is 56.2 Å². The summed E-state index contributed by atoms with van der Waals surface area (Å²) >= 11 is 6.31. The zero-order valence-corrected chi connectivity index (χ0v) is 14.2. The standard InChI is InChI=1S/C17H25ClN2O2/c1-21-16-10-13(9-15(18)17(16)22-2)11-19-7-8-20-6-4-3-5-14(20)12-19/h9-10,14H,3-8,11-12H2,1-2H3/t14-/m1/s1. The first-order valence-electron chi connectivity index (χ1n) is 8.08. The van der Waals surface area contributed by atoms with E-state index in [1.807, 2.05) is 12.1 Å². The Balaban J connectivity index is 1.69. The molecular weight excluding hydrogens is 300 g/mol. The third kappa shape index (κ3) is 3.34. The van der Waals surface area contributed by atoms with E-state index in [9.17, 15) is 0 Å². The molecule has 1 atom stereocenters. The molecule has 0 saturated carbocycles. The van der Waals surface area contributed by atoms with Gasteiger partial charge in [0.15, 0.2) is 11.5 Å². The number of hydrogen-bond acceptors (Lipinski definition) is 4. The van der Waals surface area contributed by atoms with Gasteiger partial charge >= 0.3 is 0 Å². The summed E-state index contributed by atoms with van der Waals surface area (Å²) in [5.41, 5.74) is 1.19. The molecule has 0 aromatic heterocycles. The lowest BCUT2D eigenvalue weighted by atomic mass is 9.99. The van der Waals surface area contributed by atoms with E-state index in [1.54, 1.807) is 14.2 Å². The van der Waals surface area contributed by atoms with Crippen molar-refractivity contribution in [2.45, 2.75) is 31.8 Å². The molecule has 0 radical (unpaired) electrons. The second-order valence-electron chi connectivity index (χ2n) is 6.23. The van der Waals surface area contributed by atoms with E-state index < -0.39 is 0 Å². The highest BCUT2D eigenvalue weighted by Crippen LogP contribution is 2.36. The largest absolute Gasteiger partial charge is 0.493 e. The minimum Gasteiger partial charge on any atom is -0.493 e.